The van der Waals surface area contributed by atoms with Crippen molar-refractivity contribution in [1.29, 1.82) is 0 Å². The lowest BCUT2D eigenvalue weighted by atomic mass is 10.2. The number of hydrogen-bond acceptors (Lipinski definition) is 3. The molecule has 4 rings (SSSR count). The molecule has 1 aliphatic rings. The maximum atomic E-state index is 12.3. The molecule has 0 aliphatic carbocycles. The normalized spacial score (nSPS) is 14.5. The summed E-state index contributed by atoms with van der Waals surface area (Å²) in [5.41, 5.74) is 2.34. The van der Waals surface area contributed by atoms with Gasteiger partial charge in [-0.1, -0.05) is 18.6 Å². The zero-order valence-electron chi connectivity index (χ0n) is 15.6. The number of anilines is 1. The molecule has 0 amide bonds. The van der Waals surface area contributed by atoms with Crippen LogP contribution in [-0.2, 0) is 13.0 Å². The Kier molecular flexibility index (Phi) is 5.80. The smallest absolute Gasteiger partial charge is 0.387 e. The van der Waals surface area contributed by atoms with Crippen molar-refractivity contribution in [2.75, 3.05) is 5.32 Å². The van der Waals surface area contributed by atoms with Crippen molar-refractivity contribution in [3.63, 3.8) is 0 Å². The molecule has 1 N–H and O–H groups in total. The van der Waals surface area contributed by atoms with Crippen molar-refractivity contribution >= 4 is 33.9 Å². The Bertz CT molecular complexity index is 1100. The number of ether oxygens (including phenoxy) is 1. The van der Waals surface area contributed by atoms with Gasteiger partial charge in [0.1, 0.15) is 17.1 Å². The molecule has 0 unspecified atom stereocenters. The predicted molar refractivity (Wildman–Crippen MR) is 112 cm³/mol. The highest BCUT2D eigenvalue weighted by Crippen LogP contribution is 2.18. The number of aryl methyl sites for hydroxylation is 1. The third-order valence-corrected chi connectivity index (χ3v) is 4.98. The number of benzene rings is 2. The number of thiocarbonyl (C=S) groups is 1. The van der Waals surface area contributed by atoms with Crippen LogP contribution in [0.15, 0.2) is 53.5 Å². The molecular weight excluding hydrogens is 394 g/mol. The van der Waals surface area contributed by atoms with Crippen LogP contribution in [-0.4, -0.2) is 21.3 Å². The van der Waals surface area contributed by atoms with E-state index in [1.165, 1.54) is 12.1 Å². The Labute approximate surface area is 172 Å². The first-order valence-corrected chi connectivity index (χ1v) is 9.90. The number of rotatable bonds is 3. The fourth-order valence-corrected chi connectivity index (χ4v) is 3.68. The summed E-state index contributed by atoms with van der Waals surface area (Å²) in [6.45, 7) is -1.99. The summed E-state index contributed by atoms with van der Waals surface area (Å²) in [5.74, 6) is 1.12. The fraction of sp³-hybridized carbons (Fsp3) is 0.286. The van der Waals surface area contributed by atoms with Gasteiger partial charge in [0.2, 0.25) is 0 Å². The van der Waals surface area contributed by atoms with E-state index in [2.05, 4.69) is 14.6 Å². The van der Waals surface area contributed by atoms with Gasteiger partial charge in [0.15, 0.2) is 5.11 Å². The zero-order chi connectivity index (χ0) is 20.2. The van der Waals surface area contributed by atoms with Gasteiger partial charge in [0.05, 0.1) is 5.52 Å². The largest absolute Gasteiger partial charge is 0.435 e. The number of halogens is 2. The minimum atomic E-state index is -2.85. The fourth-order valence-electron chi connectivity index (χ4n) is 3.47. The molecule has 2 heterocycles. The SMILES string of the molecule is FC(F)Oc1ccc(NC(=S)N=c2c3ccccc3nc3n2CCCCC3)cc1. The number of hydrogen-bond donors (Lipinski definition) is 1. The van der Waals surface area contributed by atoms with Crippen LogP contribution in [0.25, 0.3) is 10.9 Å². The number of nitrogens with one attached hydrogen (secondary N) is 1. The van der Waals surface area contributed by atoms with Crippen LogP contribution in [0.1, 0.15) is 25.1 Å². The molecule has 0 saturated heterocycles. The first-order valence-electron chi connectivity index (χ1n) is 9.49. The predicted octanol–water partition coefficient (Wildman–Crippen LogP) is 4.66. The number of fused-ring (bicyclic) bond motifs is 2. The molecule has 5 nitrogen and oxygen atoms in total. The van der Waals surface area contributed by atoms with Crippen LogP contribution < -0.4 is 15.5 Å². The summed E-state index contributed by atoms with van der Waals surface area (Å²) in [6.07, 6.45) is 4.26. The van der Waals surface area contributed by atoms with Gasteiger partial charge >= 0.3 is 6.61 Å². The van der Waals surface area contributed by atoms with E-state index in [1.807, 2.05) is 24.3 Å². The van der Waals surface area contributed by atoms with Crippen molar-refractivity contribution in [1.82, 2.24) is 9.55 Å². The van der Waals surface area contributed by atoms with E-state index in [0.717, 1.165) is 54.4 Å². The summed E-state index contributed by atoms with van der Waals surface area (Å²) in [6, 6.07) is 14.1. The summed E-state index contributed by atoms with van der Waals surface area (Å²) >= 11 is 5.46. The van der Waals surface area contributed by atoms with Crippen LogP contribution in [0.2, 0.25) is 0 Å². The van der Waals surface area contributed by atoms with Gasteiger partial charge in [-0.05, 0) is 61.5 Å². The van der Waals surface area contributed by atoms with Crippen LogP contribution in [0.5, 0.6) is 5.75 Å². The second kappa shape index (κ2) is 8.65. The molecule has 8 heteroatoms. The van der Waals surface area contributed by atoms with E-state index in [1.54, 1.807) is 12.1 Å². The standard InChI is InChI=1S/C21H20F2N4OS/c22-20(23)28-15-11-9-14(10-12-15)24-21(29)26-19-16-6-3-4-7-17(16)25-18-8-2-1-5-13-27(18)19/h3-4,6-7,9-12,20H,1-2,5,8,13H2,(H,24,29). The maximum absolute atomic E-state index is 12.3. The van der Waals surface area contributed by atoms with Gasteiger partial charge in [0, 0.05) is 24.0 Å². The molecule has 3 aromatic rings. The zero-order valence-corrected chi connectivity index (χ0v) is 16.5. The van der Waals surface area contributed by atoms with Crippen LogP contribution in [0.3, 0.4) is 0 Å². The molecule has 0 bridgehead atoms. The Morgan fingerprint density at radius 2 is 1.90 bits per heavy atom. The Balaban J connectivity index is 1.68. The molecule has 0 saturated carbocycles. The Hall–Kier alpha value is -2.87. The summed E-state index contributed by atoms with van der Waals surface area (Å²) in [5, 5.41) is 4.29. The first kappa shape index (κ1) is 19.4. The maximum Gasteiger partial charge on any atom is 0.387 e. The van der Waals surface area contributed by atoms with Gasteiger partial charge in [-0.3, -0.25) is 0 Å². The highest BCUT2D eigenvalue weighted by molar-refractivity contribution is 7.80. The summed E-state index contributed by atoms with van der Waals surface area (Å²) < 4.78 is 31.1. The average Bonchev–Trinajstić information content (AvgIpc) is 2.94. The lowest BCUT2D eigenvalue weighted by Crippen LogP contribution is -2.28. The molecule has 2 aromatic carbocycles. The third kappa shape index (κ3) is 4.59. The van der Waals surface area contributed by atoms with Gasteiger partial charge in [-0.25, -0.2) is 9.98 Å². The minimum Gasteiger partial charge on any atom is -0.435 e. The molecule has 0 radical (unpaired) electrons. The number of para-hydroxylation sites is 1. The highest BCUT2D eigenvalue weighted by atomic mass is 32.1. The van der Waals surface area contributed by atoms with E-state index >= 15 is 0 Å². The van der Waals surface area contributed by atoms with Crippen LogP contribution in [0, 0.1) is 0 Å². The second-order valence-corrected chi connectivity index (χ2v) is 7.16. The molecule has 0 fully saturated rings. The van der Waals surface area contributed by atoms with Crippen molar-refractivity contribution < 1.29 is 13.5 Å². The van der Waals surface area contributed by atoms with E-state index < -0.39 is 6.61 Å². The van der Waals surface area contributed by atoms with Crippen molar-refractivity contribution in [2.45, 2.75) is 38.8 Å². The van der Waals surface area contributed by atoms with Crippen molar-refractivity contribution in [3.8, 4) is 5.75 Å². The van der Waals surface area contributed by atoms with E-state index in [4.69, 9.17) is 22.2 Å². The number of alkyl halides is 2. The molecule has 0 spiro atoms. The Morgan fingerprint density at radius 3 is 2.69 bits per heavy atom. The van der Waals surface area contributed by atoms with E-state index in [-0.39, 0.29) is 5.75 Å². The molecule has 29 heavy (non-hydrogen) atoms. The summed E-state index contributed by atoms with van der Waals surface area (Å²) in [4.78, 5) is 9.53. The molecule has 0 atom stereocenters. The molecule has 1 aliphatic heterocycles. The number of nitrogens with zero attached hydrogens (tertiary/aromatic N) is 3. The first-order chi connectivity index (χ1) is 14.1. The molecule has 150 valence electrons. The van der Waals surface area contributed by atoms with Crippen LogP contribution >= 0.6 is 12.2 Å². The third-order valence-electron chi connectivity index (χ3n) is 4.78. The molecular formula is C21H20F2N4OS. The number of aromatic nitrogens is 2. The van der Waals surface area contributed by atoms with Gasteiger partial charge in [-0.15, -0.1) is 0 Å². The quantitative estimate of drug-likeness (QED) is 0.634. The minimum absolute atomic E-state index is 0.0920. The second-order valence-electron chi connectivity index (χ2n) is 6.78. The summed E-state index contributed by atoms with van der Waals surface area (Å²) in [7, 11) is 0. The van der Waals surface area contributed by atoms with Crippen molar-refractivity contribution in [2.24, 2.45) is 4.99 Å². The van der Waals surface area contributed by atoms with E-state index in [0.29, 0.717) is 10.8 Å². The van der Waals surface area contributed by atoms with E-state index in [9.17, 15) is 8.78 Å². The van der Waals surface area contributed by atoms with Crippen molar-refractivity contribution in [3.05, 3.63) is 59.8 Å². The highest BCUT2D eigenvalue weighted by Gasteiger charge is 2.13. The van der Waals surface area contributed by atoms with Crippen LogP contribution in [0.4, 0.5) is 14.5 Å². The topological polar surface area (TPSA) is 51.4 Å². The average molecular weight is 414 g/mol. The van der Waals surface area contributed by atoms with Gasteiger partial charge < -0.3 is 14.6 Å². The van der Waals surface area contributed by atoms with Gasteiger partial charge in [0.25, 0.3) is 0 Å². The lowest BCUT2D eigenvalue weighted by Gasteiger charge is -2.13. The monoisotopic (exact) mass is 414 g/mol. The Morgan fingerprint density at radius 1 is 1.10 bits per heavy atom. The molecule has 1 aromatic heterocycles. The van der Waals surface area contributed by atoms with Gasteiger partial charge in [-0.2, -0.15) is 8.78 Å². The lowest BCUT2D eigenvalue weighted by molar-refractivity contribution is -0.0498.